The first-order chi connectivity index (χ1) is 16.3. The number of fused-ring (bicyclic) bond motifs is 8. The van der Waals surface area contributed by atoms with Crippen LogP contribution in [-0.4, -0.2) is 37.6 Å². The molecule has 0 amide bonds. The first-order valence-electron chi connectivity index (χ1n) is 11.5. The average molecular weight is 436 g/mol. The van der Waals surface area contributed by atoms with E-state index in [1.165, 1.54) is 0 Å². The Bertz CT molecular complexity index is 1620. The second-order valence-electron chi connectivity index (χ2n) is 8.37. The lowest BCUT2D eigenvalue weighted by Crippen LogP contribution is -2.36. The third kappa shape index (κ3) is 2.49. The van der Waals surface area contributed by atoms with Crippen molar-refractivity contribution in [2.24, 2.45) is 0 Å². The minimum Gasteiger partial charge on any atom is -0.309 e. The van der Waals surface area contributed by atoms with Crippen LogP contribution in [0.15, 0.2) is 54.4 Å². The number of aromatic nitrogens is 6. The van der Waals surface area contributed by atoms with Gasteiger partial charge in [0.25, 0.3) is 5.65 Å². The maximum Gasteiger partial charge on any atom is 0.323 e. The van der Waals surface area contributed by atoms with E-state index >= 15 is 0 Å². The predicted octanol–water partition coefficient (Wildman–Crippen LogP) is 3.49. The van der Waals surface area contributed by atoms with Crippen LogP contribution in [0.5, 0.6) is 0 Å². The van der Waals surface area contributed by atoms with Crippen LogP contribution >= 0.6 is 0 Å². The highest BCUT2D eigenvalue weighted by Crippen LogP contribution is 2.41. The summed E-state index contributed by atoms with van der Waals surface area (Å²) in [5, 5.41) is 0. The number of para-hydroxylation sites is 4. The minimum absolute atomic E-state index is 0.789. The van der Waals surface area contributed by atoms with E-state index in [0.29, 0.717) is 0 Å². The van der Waals surface area contributed by atoms with Crippen molar-refractivity contribution in [1.29, 1.82) is 0 Å². The number of nitrogens with zero attached hydrogens (tertiary/aromatic N) is 8. The summed E-state index contributed by atoms with van der Waals surface area (Å²) < 4.78 is 4.56. The number of rotatable bonds is 2. The van der Waals surface area contributed by atoms with Gasteiger partial charge in [-0.1, -0.05) is 29.2 Å². The molecule has 2 aliphatic heterocycles. The van der Waals surface area contributed by atoms with Crippen LogP contribution in [0.4, 0.5) is 11.6 Å². The standard InChI is InChI=1S/C25H23N8/c1-3-30-20-15-21-31(4-2)23-25(29-19-12-8-6-10-17(19)27-23)33(21)14-13-32(20)24-22(30)26-16-9-5-7-11-18(16)28-24/h5-12,15H,3-4,13-14H2,1-2H3/q+1. The Morgan fingerprint density at radius 2 is 1.42 bits per heavy atom. The Labute approximate surface area is 190 Å². The second kappa shape index (κ2) is 6.71. The molecule has 0 bridgehead atoms. The molecule has 33 heavy (non-hydrogen) atoms. The Morgan fingerprint density at radius 1 is 0.788 bits per heavy atom. The smallest absolute Gasteiger partial charge is 0.309 e. The fourth-order valence-corrected chi connectivity index (χ4v) is 5.10. The van der Waals surface area contributed by atoms with Crippen LogP contribution in [-0.2, 0) is 13.1 Å². The maximum atomic E-state index is 5.01. The highest BCUT2D eigenvalue weighted by molar-refractivity contribution is 5.88. The lowest BCUT2D eigenvalue weighted by molar-refractivity contribution is -0.672. The Balaban J connectivity index is 1.48. The number of anilines is 2. The van der Waals surface area contributed by atoms with Gasteiger partial charge in [0.1, 0.15) is 11.3 Å². The quantitative estimate of drug-likeness (QED) is 0.396. The SMILES string of the molecule is CCN1C2=Cc3n(c4nc5ccccc5nc4[n+]3CC)CCN2c2nc3ccccc3nc21. The zero-order chi connectivity index (χ0) is 22.1. The van der Waals surface area contributed by atoms with Crippen molar-refractivity contribution in [3.63, 3.8) is 0 Å². The molecule has 2 aromatic carbocycles. The highest BCUT2D eigenvalue weighted by Gasteiger charge is 2.38. The summed E-state index contributed by atoms with van der Waals surface area (Å²) in [5.41, 5.74) is 5.54. The van der Waals surface area contributed by atoms with E-state index in [1.54, 1.807) is 0 Å². The normalized spacial score (nSPS) is 15.0. The van der Waals surface area contributed by atoms with Gasteiger partial charge in [0.05, 0.1) is 36.7 Å². The second-order valence-corrected chi connectivity index (χ2v) is 8.37. The summed E-state index contributed by atoms with van der Waals surface area (Å²) in [6, 6.07) is 16.2. The number of benzene rings is 2. The van der Waals surface area contributed by atoms with Crippen molar-refractivity contribution in [3.05, 3.63) is 60.2 Å². The summed E-state index contributed by atoms with van der Waals surface area (Å²) in [4.78, 5) is 24.5. The van der Waals surface area contributed by atoms with Crippen molar-refractivity contribution in [2.75, 3.05) is 22.9 Å². The molecule has 0 radical (unpaired) electrons. The summed E-state index contributed by atoms with van der Waals surface area (Å²) in [5.74, 6) is 4.07. The van der Waals surface area contributed by atoms with Gasteiger partial charge in [0.2, 0.25) is 5.82 Å². The van der Waals surface area contributed by atoms with E-state index in [4.69, 9.17) is 19.9 Å². The van der Waals surface area contributed by atoms with Crippen molar-refractivity contribution in [1.82, 2.24) is 24.5 Å². The topological polar surface area (TPSA) is 66.9 Å². The van der Waals surface area contributed by atoms with Gasteiger partial charge in [-0.05, 0) is 38.1 Å². The highest BCUT2D eigenvalue weighted by atomic mass is 15.5. The number of aryl methyl sites for hydroxylation is 1. The van der Waals surface area contributed by atoms with Crippen molar-refractivity contribution >= 4 is 51.1 Å². The van der Waals surface area contributed by atoms with E-state index < -0.39 is 0 Å². The molecular weight excluding hydrogens is 412 g/mol. The lowest BCUT2D eigenvalue weighted by Gasteiger charge is -2.21. The van der Waals surface area contributed by atoms with Crippen LogP contribution in [0.25, 0.3) is 39.4 Å². The monoisotopic (exact) mass is 435 g/mol. The third-order valence-corrected chi connectivity index (χ3v) is 6.64. The van der Waals surface area contributed by atoms with Gasteiger partial charge >= 0.3 is 5.65 Å². The van der Waals surface area contributed by atoms with Gasteiger partial charge in [-0.3, -0.25) is 0 Å². The number of hydrogen-bond donors (Lipinski definition) is 0. The molecule has 0 unspecified atom stereocenters. The van der Waals surface area contributed by atoms with Gasteiger partial charge in [-0.2, -0.15) is 0 Å². The van der Waals surface area contributed by atoms with E-state index in [9.17, 15) is 0 Å². The minimum atomic E-state index is 0.789. The van der Waals surface area contributed by atoms with E-state index in [0.717, 1.165) is 82.8 Å². The fraction of sp³-hybridized carbons (Fsp3) is 0.240. The fourth-order valence-electron chi connectivity index (χ4n) is 5.10. The van der Waals surface area contributed by atoms with Crippen molar-refractivity contribution in [2.45, 2.75) is 26.9 Å². The van der Waals surface area contributed by atoms with Gasteiger partial charge in [0, 0.05) is 6.54 Å². The molecule has 0 atom stereocenters. The predicted molar refractivity (Wildman–Crippen MR) is 129 cm³/mol. The summed E-state index contributed by atoms with van der Waals surface area (Å²) >= 11 is 0. The molecule has 8 heteroatoms. The average Bonchev–Trinajstić information content (AvgIpc) is 3.20. The van der Waals surface area contributed by atoms with Gasteiger partial charge in [0.15, 0.2) is 17.2 Å². The largest absolute Gasteiger partial charge is 0.323 e. The van der Waals surface area contributed by atoms with Crippen molar-refractivity contribution in [3.8, 4) is 0 Å². The van der Waals surface area contributed by atoms with E-state index in [2.05, 4.69) is 38.9 Å². The Hall–Kier alpha value is -4.07. The molecule has 0 saturated heterocycles. The van der Waals surface area contributed by atoms with Crippen LogP contribution in [0.2, 0.25) is 0 Å². The first-order valence-corrected chi connectivity index (χ1v) is 11.5. The molecule has 2 aliphatic rings. The zero-order valence-corrected chi connectivity index (χ0v) is 18.6. The Morgan fingerprint density at radius 3 is 2.09 bits per heavy atom. The van der Waals surface area contributed by atoms with Gasteiger partial charge in [-0.25, -0.2) is 24.1 Å². The molecule has 8 nitrogen and oxygen atoms in total. The van der Waals surface area contributed by atoms with Crippen LogP contribution in [0, 0.1) is 0 Å². The number of hydrogen-bond acceptors (Lipinski definition) is 6. The maximum absolute atomic E-state index is 5.01. The third-order valence-electron chi connectivity index (χ3n) is 6.64. The molecule has 0 aliphatic carbocycles. The van der Waals surface area contributed by atoms with Crippen LogP contribution in [0.1, 0.15) is 19.7 Å². The van der Waals surface area contributed by atoms with Crippen LogP contribution in [0.3, 0.4) is 0 Å². The summed E-state index contributed by atoms with van der Waals surface area (Å²) in [6.45, 7) is 7.53. The molecule has 0 spiro atoms. The molecule has 0 N–H and O–H groups in total. The van der Waals surface area contributed by atoms with Gasteiger partial charge in [-0.15, -0.1) is 0 Å². The number of imidazole rings is 1. The molecule has 162 valence electrons. The summed E-state index contributed by atoms with van der Waals surface area (Å²) in [6.07, 6.45) is 2.25. The van der Waals surface area contributed by atoms with E-state index in [-0.39, 0.29) is 0 Å². The molecule has 0 saturated carbocycles. The zero-order valence-electron chi connectivity index (χ0n) is 18.6. The lowest BCUT2D eigenvalue weighted by atomic mass is 10.3. The molecule has 3 aromatic heterocycles. The Kier molecular flexibility index (Phi) is 3.76. The van der Waals surface area contributed by atoms with E-state index in [1.807, 2.05) is 48.5 Å². The van der Waals surface area contributed by atoms with Crippen molar-refractivity contribution < 1.29 is 4.57 Å². The molecule has 5 heterocycles. The first kappa shape index (κ1) is 18.5. The summed E-state index contributed by atoms with van der Waals surface area (Å²) in [7, 11) is 0. The van der Waals surface area contributed by atoms with Crippen LogP contribution < -0.4 is 14.4 Å². The molecule has 7 rings (SSSR count). The molecule has 5 aromatic rings. The molecule has 0 fully saturated rings. The van der Waals surface area contributed by atoms with Gasteiger partial charge < -0.3 is 9.80 Å². The molecular formula is C25H23N8+.